The molecule has 148 valence electrons. The van der Waals surface area contributed by atoms with Crippen molar-refractivity contribution >= 4 is 33.3 Å². The molecule has 0 saturated heterocycles. The molecule has 1 amide bonds. The molecule has 28 heavy (non-hydrogen) atoms. The minimum Gasteiger partial charge on any atom is -0.396 e. The van der Waals surface area contributed by atoms with Crippen molar-refractivity contribution in [2.24, 2.45) is 5.41 Å². The van der Waals surface area contributed by atoms with Crippen molar-refractivity contribution in [2.45, 2.75) is 34.2 Å². The lowest BCUT2D eigenvalue weighted by Gasteiger charge is -2.21. The Kier molecular flexibility index (Phi) is 5.90. The van der Waals surface area contributed by atoms with E-state index in [1.54, 1.807) is 0 Å². The summed E-state index contributed by atoms with van der Waals surface area (Å²) in [6.45, 7) is 8.60. The first-order valence-electron chi connectivity index (χ1n) is 9.10. The van der Waals surface area contributed by atoms with E-state index in [0.717, 1.165) is 27.2 Å². The summed E-state index contributed by atoms with van der Waals surface area (Å²) in [4.78, 5) is 27.2. The molecule has 7 nitrogen and oxygen atoms in total. The highest BCUT2D eigenvalue weighted by Crippen LogP contribution is 2.33. The Bertz CT molecular complexity index is 999. The molecule has 0 radical (unpaired) electrons. The normalized spacial score (nSPS) is 11.6. The van der Waals surface area contributed by atoms with Crippen molar-refractivity contribution in [1.29, 1.82) is 0 Å². The lowest BCUT2D eigenvalue weighted by molar-refractivity contribution is 0.0914. The van der Waals surface area contributed by atoms with Crippen LogP contribution in [0.15, 0.2) is 24.5 Å². The van der Waals surface area contributed by atoms with E-state index in [0.29, 0.717) is 23.8 Å². The molecule has 0 aliphatic rings. The Labute approximate surface area is 168 Å². The number of rotatable bonds is 7. The number of aliphatic hydroxyl groups excluding tert-OH is 1. The zero-order valence-electron chi connectivity index (χ0n) is 16.5. The molecule has 0 aromatic carbocycles. The molecule has 0 aliphatic carbocycles. The summed E-state index contributed by atoms with van der Waals surface area (Å²) in [6, 6.07) is 5.89. The Morgan fingerprint density at radius 3 is 2.75 bits per heavy atom. The van der Waals surface area contributed by atoms with E-state index in [1.165, 1.54) is 17.7 Å². The fourth-order valence-corrected chi connectivity index (χ4v) is 3.82. The van der Waals surface area contributed by atoms with Crippen LogP contribution in [-0.2, 0) is 6.54 Å². The molecule has 0 spiro atoms. The van der Waals surface area contributed by atoms with Crippen LogP contribution in [-0.4, -0.2) is 39.1 Å². The Hall–Kier alpha value is -2.58. The minimum absolute atomic E-state index is 0.00518. The molecule has 3 N–H and O–H groups in total. The standard InChI is InChI=1S/C20H25N5O2S/c1-12-6-5-7-14(25-12)8-21-17-15-13(2)16(28-19(15)24-11-23-17)18(27)22-9-20(3,4)10-26/h5-7,11,26H,8-10H2,1-4H3,(H,22,27)(H,21,23,24). The highest BCUT2D eigenvalue weighted by atomic mass is 32.1. The average molecular weight is 400 g/mol. The number of aromatic nitrogens is 3. The van der Waals surface area contributed by atoms with E-state index in [-0.39, 0.29) is 17.9 Å². The predicted molar refractivity (Wildman–Crippen MR) is 112 cm³/mol. The topological polar surface area (TPSA) is 100 Å². The second-order valence-electron chi connectivity index (χ2n) is 7.59. The highest BCUT2D eigenvalue weighted by Gasteiger charge is 2.22. The monoisotopic (exact) mass is 399 g/mol. The van der Waals surface area contributed by atoms with Crippen LogP contribution in [0.1, 0.15) is 40.5 Å². The minimum atomic E-state index is -0.367. The number of aliphatic hydroxyl groups is 1. The lowest BCUT2D eigenvalue weighted by atomic mass is 9.95. The summed E-state index contributed by atoms with van der Waals surface area (Å²) in [7, 11) is 0. The summed E-state index contributed by atoms with van der Waals surface area (Å²) < 4.78 is 0. The molecular formula is C20H25N5O2S. The quantitative estimate of drug-likeness (QED) is 0.565. The Morgan fingerprint density at radius 1 is 1.25 bits per heavy atom. The predicted octanol–water partition coefficient (Wildman–Crippen LogP) is 3.06. The molecule has 3 aromatic rings. The van der Waals surface area contributed by atoms with Gasteiger partial charge >= 0.3 is 0 Å². The van der Waals surface area contributed by atoms with Crippen molar-refractivity contribution in [3.63, 3.8) is 0 Å². The van der Waals surface area contributed by atoms with Crippen molar-refractivity contribution in [3.05, 3.63) is 46.4 Å². The first-order valence-corrected chi connectivity index (χ1v) is 9.92. The van der Waals surface area contributed by atoms with Gasteiger partial charge in [-0.15, -0.1) is 11.3 Å². The maximum atomic E-state index is 12.7. The van der Waals surface area contributed by atoms with Gasteiger partial charge in [0.2, 0.25) is 0 Å². The van der Waals surface area contributed by atoms with Gasteiger partial charge in [0.15, 0.2) is 0 Å². The van der Waals surface area contributed by atoms with E-state index in [1.807, 2.05) is 45.9 Å². The number of hydrogen-bond donors (Lipinski definition) is 3. The molecule has 0 unspecified atom stereocenters. The number of hydrogen-bond acceptors (Lipinski definition) is 7. The van der Waals surface area contributed by atoms with Gasteiger partial charge in [-0.2, -0.15) is 0 Å². The van der Waals surface area contributed by atoms with Gasteiger partial charge in [0.05, 0.1) is 22.5 Å². The van der Waals surface area contributed by atoms with E-state index in [2.05, 4.69) is 25.6 Å². The van der Waals surface area contributed by atoms with Gasteiger partial charge in [-0.25, -0.2) is 9.97 Å². The summed E-state index contributed by atoms with van der Waals surface area (Å²) >= 11 is 1.35. The molecular weight excluding hydrogens is 374 g/mol. The van der Waals surface area contributed by atoms with E-state index < -0.39 is 0 Å². The number of aryl methyl sites for hydroxylation is 2. The molecule has 0 aliphatic heterocycles. The van der Waals surface area contributed by atoms with Crippen molar-refractivity contribution in [3.8, 4) is 0 Å². The van der Waals surface area contributed by atoms with Crippen LogP contribution < -0.4 is 10.6 Å². The maximum Gasteiger partial charge on any atom is 0.261 e. The number of pyridine rings is 1. The molecule has 3 heterocycles. The first kappa shape index (κ1) is 20.2. The highest BCUT2D eigenvalue weighted by molar-refractivity contribution is 7.20. The maximum absolute atomic E-state index is 12.7. The summed E-state index contributed by atoms with van der Waals surface area (Å²) in [5.74, 6) is 0.533. The summed E-state index contributed by atoms with van der Waals surface area (Å²) in [5, 5.41) is 16.5. The number of nitrogens with zero attached hydrogens (tertiary/aromatic N) is 3. The average Bonchev–Trinajstić information content (AvgIpc) is 3.02. The molecule has 0 saturated carbocycles. The van der Waals surface area contributed by atoms with Crippen LogP contribution in [0, 0.1) is 19.3 Å². The number of anilines is 1. The lowest BCUT2D eigenvalue weighted by Crippen LogP contribution is -2.35. The third-order valence-electron chi connectivity index (χ3n) is 4.47. The third-order valence-corrected chi connectivity index (χ3v) is 5.67. The number of thiophene rings is 1. The first-order chi connectivity index (χ1) is 13.3. The van der Waals surface area contributed by atoms with Crippen LogP contribution in [0.4, 0.5) is 5.82 Å². The van der Waals surface area contributed by atoms with Crippen LogP contribution in [0.5, 0.6) is 0 Å². The SMILES string of the molecule is Cc1cccc(CNc2ncnc3sc(C(=O)NCC(C)(C)CO)c(C)c23)n1. The van der Waals surface area contributed by atoms with E-state index in [4.69, 9.17) is 0 Å². The fourth-order valence-electron chi connectivity index (χ4n) is 2.75. The van der Waals surface area contributed by atoms with Gasteiger partial charge in [-0.1, -0.05) is 19.9 Å². The van der Waals surface area contributed by atoms with Crippen LogP contribution in [0.25, 0.3) is 10.2 Å². The van der Waals surface area contributed by atoms with Crippen molar-refractivity contribution < 1.29 is 9.90 Å². The molecule has 3 aromatic heterocycles. The van der Waals surface area contributed by atoms with Gasteiger partial charge in [0.1, 0.15) is 17.0 Å². The van der Waals surface area contributed by atoms with E-state index in [9.17, 15) is 9.90 Å². The molecule has 0 atom stereocenters. The van der Waals surface area contributed by atoms with Crippen LogP contribution in [0.3, 0.4) is 0 Å². The Balaban J connectivity index is 1.83. The second kappa shape index (κ2) is 8.20. The largest absolute Gasteiger partial charge is 0.396 e. The van der Waals surface area contributed by atoms with Crippen molar-refractivity contribution in [1.82, 2.24) is 20.3 Å². The smallest absolute Gasteiger partial charge is 0.261 e. The number of carbonyl (C=O) groups excluding carboxylic acids is 1. The van der Waals surface area contributed by atoms with Gasteiger partial charge in [0, 0.05) is 24.3 Å². The zero-order valence-corrected chi connectivity index (χ0v) is 17.4. The molecule has 0 bridgehead atoms. The van der Waals surface area contributed by atoms with Crippen molar-refractivity contribution in [2.75, 3.05) is 18.5 Å². The number of amides is 1. The third kappa shape index (κ3) is 4.45. The van der Waals surface area contributed by atoms with Gasteiger partial charge in [-0.3, -0.25) is 9.78 Å². The number of nitrogens with one attached hydrogen (secondary N) is 2. The fraction of sp³-hybridized carbons (Fsp3) is 0.400. The zero-order chi connectivity index (χ0) is 20.3. The van der Waals surface area contributed by atoms with Crippen LogP contribution >= 0.6 is 11.3 Å². The number of fused-ring (bicyclic) bond motifs is 1. The van der Waals surface area contributed by atoms with Crippen LogP contribution in [0.2, 0.25) is 0 Å². The van der Waals surface area contributed by atoms with Gasteiger partial charge in [0.25, 0.3) is 5.91 Å². The van der Waals surface area contributed by atoms with E-state index >= 15 is 0 Å². The van der Waals surface area contributed by atoms with Gasteiger partial charge in [-0.05, 0) is 31.5 Å². The number of carbonyl (C=O) groups is 1. The molecule has 3 rings (SSSR count). The molecule has 8 heteroatoms. The summed E-state index contributed by atoms with van der Waals surface area (Å²) in [6.07, 6.45) is 1.50. The van der Waals surface area contributed by atoms with Gasteiger partial charge < -0.3 is 15.7 Å². The second-order valence-corrected chi connectivity index (χ2v) is 8.59. The summed E-state index contributed by atoms with van der Waals surface area (Å²) in [5.41, 5.74) is 2.36. The molecule has 0 fully saturated rings. The Morgan fingerprint density at radius 2 is 2.04 bits per heavy atom.